The summed E-state index contributed by atoms with van der Waals surface area (Å²) in [5.74, 6) is -0.239. The van der Waals surface area contributed by atoms with Crippen LogP contribution in [0.1, 0.15) is 41.7 Å². The molecule has 0 spiro atoms. The van der Waals surface area contributed by atoms with Crippen LogP contribution in [0.4, 0.5) is 15.1 Å². The van der Waals surface area contributed by atoms with E-state index < -0.39 is 0 Å². The van der Waals surface area contributed by atoms with Gasteiger partial charge < -0.3 is 15.1 Å². The summed E-state index contributed by atoms with van der Waals surface area (Å²) in [4.78, 5) is 18.4. The van der Waals surface area contributed by atoms with Crippen LogP contribution in [0.3, 0.4) is 0 Å². The number of amides is 1. The van der Waals surface area contributed by atoms with Crippen molar-refractivity contribution in [3.8, 4) is 6.07 Å². The summed E-state index contributed by atoms with van der Waals surface area (Å²) in [5.41, 5.74) is 2.87. The second kappa shape index (κ2) is 9.59. The van der Waals surface area contributed by atoms with E-state index in [9.17, 15) is 14.4 Å². The number of nitrogens with one attached hydrogen (secondary N) is 1. The zero-order valence-electron chi connectivity index (χ0n) is 17.1. The molecule has 30 heavy (non-hydrogen) atoms. The number of halogens is 1. The second-order valence-electron chi connectivity index (χ2n) is 7.98. The molecule has 1 aliphatic carbocycles. The van der Waals surface area contributed by atoms with Crippen molar-refractivity contribution in [1.82, 2.24) is 4.90 Å². The minimum Gasteiger partial charge on any atom is -0.370 e. The molecule has 1 aromatic carbocycles. The maximum Gasteiger partial charge on any atom is 0.226 e. The Balaban J connectivity index is 1.29. The van der Waals surface area contributed by atoms with Crippen LogP contribution in [-0.4, -0.2) is 43.5 Å². The molecule has 1 amide bonds. The molecule has 0 bridgehead atoms. The Labute approximate surface area is 181 Å². The lowest BCUT2D eigenvalue weighted by Gasteiger charge is -2.23. The third-order valence-corrected chi connectivity index (χ3v) is 7.18. The zero-order chi connectivity index (χ0) is 20.9. The number of thiophene rings is 1. The highest BCUT2D eigenvalue weighted by Crippen LogP contribution is 2.37. The molecule has 0 atom stereocenters. The first-order valence-electron chi connectivity index (χ1n) is 10.7. The number of benzene rings is 1. The Morgan fingerprint density at radius 1 is 1.10 bits per heavy atom. The first-order valence-corrected chi connectivity index (χ1v) is 11.5. The monoisotopic (exact) mass is 426 g/mol. The van der Waals surface area contributed by atoms with E-state index in [4.69, 9.17) is 0 Å². The molecule has 1 aliphatic heterocycles. The molecule has 2 aliphatic rings. The molecule has 158 valence electrons. The van der Waals surface area contributed by atoms with Crippen molar-refractivity contribution in [2.24, 2.45) is 0 Å². The van der Waals surface area contributed by atoms with Gasteiger partial charge in [0.1, 0.15) is 16.9 Å². The van der Waals surface area contributed by atoms with Gasteiger partial charge in [-0.05, 0) is 68.5 Å². The number of nitriles is 1. The van der Waals surface area contributed by atoms with Crippen LogP contribution in [0, 0.1) is 17.1 Å². The van der Waals surface area contributed by atoms with Crippen LogP contribution < -0.4 is 10.2 Å². The summed E-state index contributed by atoms with van der Waals surface area (Å²) in [7, 11) is 0. The van der Waals surface area contributed by atoms with Gasteiger partial charge >= 0.3 is 0 Å². The minimum absolute atomic E-state index is 0.0234. The van der Waals surface area contributed by atoms with Crippen molar-refractivity contribution in [2.75, 3.05) is 42.9 Å². The van der Waals surface area contributed by atoms with Crippen LogP contribution in [0.5, 0.6) is 0 Å². The van der Waals surface area contributed by atoms with E-state index in [2.05, 4.69) is 21.2 Å². The normalized spacial score (nSPS) is 17.1. The van der Waals surface area contributed by atoms with Gasteiger partial charge in [-0.2, -0.15) is 5.26 Å². The molecule has 0 saturated carbocycles. The largest absolute Gasteiger partial charge is 0.370 e. The molecule has 7 heteroatoms. The summed E-state index contributed by atoms with van der Waals surface area (Å²) >= 11 is 1.58. The van der Waals surface area contributed by atoms with Crippen LogP contribution in [-0.2, 0) is 17.6 Å². The predicted molar refractivity (Wildman–Crippen MR) is 119 cm³/mol. The van der Waals surface area contributed by atoms with E-state index in [-0.39, 0.29) is 11.7 Å². The van der Waals surface area contributed by atoms with E-state index in [0.717, 1.165) is 74.5 Å². The highest BCUT2D eigenvalue weighted by atomic mass is 32.1. The minimum atomic E-state index is -0.215. The summed E-state index contributed by atoms with van der Waals surface area (Å²) in [6, 6.07) is 8.95. The number of rotatable bonds is 5. The Hall–Kier alpha value is -2.43. The number of aryl methyl sites for hydroxylation is 1. The fraction of sp³-hybridized carbons (Fsp3) is 0.478. The third kappa shape index (κ3) is 4.82. The maximum atomic E-state index is 13.2. The van der Waals surface area contributed by atoms with Gasteiger partial charge in [-0.3, -0.25) is 4.79 Å². The topological polar surface area (TPSA) is 59.4 Å². The molecule has 1 aromatic heterocycles. The number of hydrogen-bond acceptors (Lipinski definition) is 5. The van der Waals surface area contributed by atoms with Gasteiger partial charge in [0.25, 0.3) is 0 Å². The molecule has 0 radical (unpaired) electrons. The number of carbonyl (C=O) groups excluding carboxylic acids is 1. The van der Waals surface area contributed by atoms with Crippen molar-refractivity contribution in [2.45, 2.75) is 38.5 Å². The molecule has 4 rings (SSSR count). The Morgan fingerprint density at radius 3 is 2.70 bits per heavy atom. The van der Waals surface area contributed by atoms with Crippen LogP contribution in [0.15, 0.2) is 24.3 Å². The number of fused-ring (bicyclic) bond motifs is 1. The summed E-state index contributed by atoms with van der Waals surface area (Å²) < 4.78 is 13.2. The third-order valence-electron chi connectivity index (χ3n) is 5.97. The van der Waals surface area contributed by atoms with Crippen molar-refractivity contribution >= 4 is 27.9 Å². The predicted octanol–water partition coefficient (Wildman–Crippen LogP) is 4.18. The summed E-state index contributed by atoms with van der Waals surface area (Å²) in [6.07, 6.45) is 5.68. The average molecular weight is 427 g/mol. The summed E-state index contributed by atoms with van der Waals surface area (Å²) in [5, 5.41) is 13.3. The van der Waals surface area contributed by atoms with E-state index >= 15 is 0 Å². The maximum absolute atomic E-state index is 13.2. The van der Waals surface area contributed by atoms with E-state index in [1.54, 1.807) is 11.3 Å². The Bertz CT molecular complexity index is 934. The number of hydrogen-bond donors (Lipinski definition) is 1. The highest BCUT2D eigenvalue weighted by Gasteiger charge is 2.22. The van der Waals surface area contributed by atoms with Gasteiger partial charge in [0.05, 0.1) is 5.56 Å². The van der Waals surface area contributed by atoms with Crippen molar-refractivity contribution in [3.63, 3.8) is 0 Å². The van der Waals surface area contributed by atoms with Gasteiger partial charge in [0.2, 0.25) is 5.91 Å². The van der Waals surface area contributed by atoms with Gasteiger partial charge in [0, 0.05) is 43.2 Å². The highest BCUT2D eigenvalue weighted by molar-refractivity contribution is 7.16. The standard InChI is InChI=1S/C23H27FN4OS/c24-17-6-8-18(9-7-17)28-12-3-11-27(14-15-28)13-10-22(29)26-23-20(16-25)19-4-1-2-5-21(19)30-23/h6-9H,1-5,10-15H2,(H,26,29). The van der Waals surface area contributed by atoms with E-state index in [1.807, 2.05) is 12.1 Å². The molecule has 1 saturated heterocycles. The van der Waals surface area contributed by atoms with Crippen LogP contribution >= 0.6 is 11.3 Å². The van der Waals surface area contributed by atoms with Gasteiger partial charge in [-0.25, -0.2) is 4.39 Å². The molecule has 1 fully saturated rings. The lowest BCUT2D eigenvalue weighted by Crippen LogP contribution is -2.32. The summed E-state index contributed by atoms with van der Waals surface area (Å²) in [6.45, 7) is 4.32. The van der Waals surface area contributed by atoms with Crippen LogP contribution in [0.25, 0.3) is 0 Å². The smallest absolute Gasteiger partial charge is 0.226 e. The van der Waals surface area contributed by atoms with E-state index in [0.29, 0.717) is 18.5 Å². The van der Waals surface area contributed by atoms with Crippen molar-refractivity contribution in [1.29, 1.82) is 5.26 Å². The first-order chi connectivity index (χ1) is 14.6. The second-order valence-corrected chi connectivity index (χ2v) is 9.09. The molecule has 0 unspecified atom stereocenters. The van der Waals surface area contributed by atoms with Crippen molar-refractivity contribution < 1.29 is 9.18 Å². The number of nitrogens with zero attached hydrogens (tertiary/aromatic N) is 3. The van der Waals surface area contributed by atoms with Gasteiger partial charge in [-0.1, -0.05) is 0 Å². The lowest BCUT2D eigenvalue weighted by molar-refractivity contribution is -0.116. The fourth-order valence-electron chi connectivity index (χ4n) is 4.33. The van der Waals surface area contributed by atoms with Gasteiger partial charge in [0.15, 0.2) is 0 Å². The molecular weight excluding hydrogens is 399 g/mol. The quantitative estimate of drug-likeness (QED) is 0.779. The number of anilines is 2. The van der Waals surface area contributed by atoms with E-state index in [1.165, 1.54) is 17.0 Å². The van der Waals surface area contributed by atoms with Gasteiger partial charge in [-0.15, -0.1) is 11.3 Å². The zero-order valence-corrected chi connectivity index (χ0v) is 17.9. The Morgan fingerprint density at radius 2 is 1.90 bits per heavy atom. The lowest BCUT2D eigenvalue weighted by atomic mass is 9.96. The average Bonchev–Trinajstić information content (AvgIpc) is 2.93. The fourth-order valence-corrected chi connectivity index (χ4v) is 5.58. The first kappa shape index (κ1) is 20.8. The van der Waals surface area contributed by atoms with Crippen molar-refractivity contribution in [3.05, 3.63) is 46.1 Å². The number of carbonyl (C=O) groups is 1. The van der Waals surface area contributed by atoms with Crippen LogP contribution in [0.2, 0.25) is 0 Å². The molecule has 5 nitrogen and oxygen atoms in total. The molecule has 2 heterocycles. The Kier molecular flexibility index (Phi) is 6.66. The molecular formula is C23H27FN4OS. The molecule has 2 aromatic rings. The molecule has 1 N–H and O–H groups in total. The SMILES string of the molecule is N#Cc1c(NC(=O)CCN2CCCN(c3ccc(F)cc3)CC2)sc2c1CCCC2.